The molecule has 0 saturated carbocycles. The lowest BCUT2D eigenvalue weighted by Gasteiger charge is -2.20. The third-order valence-electron chi connectivity index (χ3n) is 4.07. The van der Waals surface area contributed by atoms with Crippen LogP contribution in [-0.4, -0.2) is 27.5 Å². The summed E-state index contributed by atoms with van der Waals surface area (Å²) in [6.07, 6.45) is 1.83. The Morgan fingerprint density at radius 3 is 2.52 bits per heavy atom. The highest BCUT2D eigenvalue weighted by Crippen LogP contribution is 2.34. The van der Waals surface area contributed by atoms with Crippen molar-refractivity contribution in [1.29, 1.82) is 0 Å². The number of benzene rings is 2. The van der Waals surface area contributed by atoms with Crippen molar-refractivity contribution in [3.8, 4) is 0 Å². The summed E-state index contributed by atoms with van der Waals surface area (Å²) < 4.78 is 0. The van der Waals surface area contributed by atoms with E-state index in [4.69, 9.17) is 0 Å². The maximum atomic E-state index is 12.4. The van der Waals surface area contributed by atoms with Crippen molar-refractivity contribution in [1.82, 2.24) is 5.01 Å². The molecule has 0 aromatic heterocycles. The number of carbonyl (C=O) groups excluding carboxylic acids is 2. The molecule has 0 radical (unpaired) electrons. The highest BCUT2D eigenvalue weighted by molar-refractivity contribution is 6.04. The molecule has 1 aliphatic heterocycles. The van der Waals surface area contributed by atoms with Gasteiger partial charge in [0, 0.05) is 24.6 Å². The molecule has 8 heteroatoms. The number of amides is 1. The molecule has 1 aliphatic rings. The minimum atomic E-state index is -1.50. The van der Waals surface area contributed by atoms with Gasteiger partial charge in [-0.05, 0) is 17.2 Å². The zero-order valence-corrected chi connectivity index (χ0v) is 14.0. The lowest BCUT2D eigenvalue weighted by molar-refractivity contribution is -0.385. The van der Waals surface area contributed by atoms with E-state index in [0.29, 0.717) is 23.8 Å². The predicted molar refractivity (Wildman–Crippen MR) is 94.4 cm³/mol. The highest BCUT2D eigenvalue weighted by atomic mass is 16.6. The first-order chi connectivity index (χ1) is 13.0. The molecule has 0 aliphatic carbocycles. The molecule has 3 rings (SSSR count). The largest absolute Gasteiger partial charge is 0.545 e. The number of carbonyl (C=O) groups is 2. The number of nitro groups is 1. The summed E-state index contributed by atoms with van der Waals surface area (Å²) in [6, 6.07) is 14.6. The van der Waals surface area contributed by atoms with Gasteiger partial charge < -0.3 is 9.90 Å². The monoisotopic (exact) mass is 364 g/mol. The van der Waals surface area contributed by atoms with E-state index in [0.717, 1.165) is 16.6 Å². The van der Waals surface area contributed by atoms with Crippen molar-refractivity contribution >= 4 is 23.3 Å². The molecular formula is C19H14N3O5-. The molecule has 0 N–H and O–H groups in total. The van der Waals surface area contributed by atoms with E-state index in [1.165, 1.54) is 18.2 Å². The Labute approximate surface area is 154 Å². The Morgan fingerprint density at radius 2 is 1.85 bits per heavy atom. The van der Waals surface area contributed by atoms with Crippen molar-refractivity contribution in [2.24, 2.45) is 5.10 Å². The van der Waals surface area contributed by atoms with Gasteiger partial charge in [-0.15, -0.1) is 0 Å². The first kappa shape index (κ1) is 18.0. The quantitative estimate of drug-likeness (QED) is 0.454. The Balaban J connectivity index is 1.98. The maximum Gasteiger partial charge on any atom is 0.269 e. The standard InChI is InChI=1S/C19H15N3O5/c23-18(9-10-19(24)25)21-17(14-7-4-8-15(11-14)22(26)27)12-16(20-21)13-5-2-1-3-6-13/h1-11,17H,12H2,(H,24,25)/p-1/b10-9+/t17-/m0/s1. The van der Waals surface area contributed by atoms with E-state index in [2.05, 4.69) is 5.10 Å². The minimum absolute atomic E-state index is 0.0988. The van der Waals surface area contributed by atoms with Gasteiger partial charge >= 0.3 is 0 Å². The van der Waals surface area contributed by atoms with Crippen LogP contribution in [0.3, 0.4) is 0 Å². The number of hydrazone groups is 1. The predicted octanol–water partition coefficient (Wildman–Crippen LogP) is 1.58. The topological polar surface area (TPSA) is 116 Å². The van der Waals surface area contributed by atoms with Crippen molar-refractivity contribution in [3.63, 3.8) is 0 Å². The van der Waals surface area contributed by atoms with Crippen molar-refractivity contribution in [3.05, 3.63) is 88.0 Å². The Morgan fingerprint density at radius 1 is 1.11 bits per heavy atom. The summed E-state index contributed by atoms with van der Waals surface area (Å²) in [5.74, 6) is -2.15. The van der Waals surface area contributed by atoms with Gasteiger partial charge in [-0.3, -0.25) is 14.9 Å². The molecule has 1 heterocycles. The van der Waals surface area contributed by atoms with Gasteiger partial charge in [-0.2, -0.15) is 5.10 Å². The molecule has 0 fully saturated rings. The number of carboxylic acids is 1. The van der Waals surface area contributed by atoms with Gasteiger partial charge in [0.1, 0.15) is 0 Å². The van der Waals surface area contributed by atoms with Gasteiger partial charge in [0.05, 0.1) is 22.6 Å². The van der Waals surface area contributed by atoms with E-state index in [-0.39, 0.29) is 5.69 Å². The van der Waals surface area contributed by atoms with Gasteiger partial charge in [0.15, 0.2) is 0 Å². The van der Waals surface area contributed by atoms with Crippen LogP contribution in [0.25, 0.3) is 0 Å². The fourth-order valence-corrected chi connectivity index (χ4v) is 2.84. The molecule has 1 atom stereocenters. The first-order valence-electron chi connectivity index (χ1n) is 8.05. The minimum Gasteiger partial charge on any atom is -0.545 e. The van der Waals surface area contributed by atoms with Gasteiger partial charge in [-0.1, -0.05) is 42.5 Å². The summed E-state index contributed by atoms with van der Waals surface area (Å²) in [6.45, 7) is 0. The van der Waals surface area contributed by atoms with Crippen LogP contribution in [-0.2, 0) is 9.59 Å². The average molecular weight is 364 g/mol. The van der Waals surface area contributed by atoms with Gasteiger partial charge in [-0.25, -0.2) is 5.01 Å². The van der Waals surface area contributed by atoms with Crippen LogP contribution in [0.2, 0.25) is 0 Å². The van der Waals surface area contributed by atoms with Gasteiger partial charge in [0.2, 0.25) is 0 Å². The number of hydrogen-bond donors (Lipinski definition) is 0. The molecule has 0 bridgehead atoms. The molecule has 0 spiro atoms. The molecule has 8 nitrogen and oxygen atoms in total. The molecule has 27 heavy (non-hydrogen) atoms. The number of nitrogens with zero attached hydrogens (tertiary/aromatic N) is 3. The van der Waals surface area contributed by atoms with Crippen LogP contribution in [0, 0.1) is 10.1 Å². The fraction of sp³-hybridized carbons (Fsp3) is 0.105. The lowest BCUT2D eigenvalue weighted by Crippen LogP contribution is -2.26. The lowest BCUT2D eigenvalue weighted by atomic mass is 9.98. The molecule has 136 valence electrons. The molecule has 0 unspecified atom stereocenters. The SMILES string of the molecule is O=C([O-])/C=C/C(=O)N1N=C(c2ccccc2)C[C@H]1c1cccc([N+](=O)[O-])c1. The summed E-state index contributed by atoms with van der Waals surface area (Å²) >= 11 is 0. The zero-order valence-electron chi connectivity index (χ0n) is 14.0. The summed E-state index contributed by atoms with van der Waals surface area (Å²) in [4.78, 5) is 33.6. The van der Waals surface area contributed by atoms with E-state index in [1.54, 1.807) is 6.07 Å². The van der Waals surface area contributed by atoms with Crippen molar-refractivity contribution in [2.45, 2.75) is 12.5 Å². The number of nitro benzene ring substituents is 1. The first-order valence-corrected chi connectivity index (χ1v) is 8.05. The second-order valence-corrected chi connectivity index (χ2v) is 5.82. The number of non-ortho nitro benzene ring substituents is 1. The number of rotatable bonds is 5. The summed E-state index contributed by atoms with van der Waals surface area (Å²) in [7, 11) is 0. The average Bonchev–Trinajstić information content (AvgIpc) is 3.12. The van der Waals surface area contributed by atoms with Crippen LogP contribution >= 0.6 is 0 Å². The van der Waals surface area contributed by atoms with E-state index >= 15 is 0 Å². The Hall–Kier alpha value is -3.81. The van der Waals surface area contributed by atoms with E-state index in [9.17, 15) is 24.8 Å². The number of hydrogen-bond acceptors (Lipinski definition) is 6. The Kier molecular flexibility index (Phi) is 5.07. The fourth-order valence-electron chi connectivity index (χ4n) is 2.84. The van der Waals surface area contributed by atoms with Crippen LogP contribution in [0.5, 0.6) is 0 Å². The summed E-state index contributed by atoms with van der Waals surface area (Å²) in [5.41, 5.74) is 1.88. The summed E-state index contributed by atoms with van der Waals surface area (Å²) in [5, 5.41) is 27.1. The van der Waals surface area contributed by atoms with Crippen LogP contribution in [0.15, 0.2) is 71.9 Å². The molecule has 0 saturated heterocycles. The second-order valence-electron chi connectivity index (χ2n) is 5.82. The van der Waals surface area contributed by atoms with Crippen LogP contribution in [0.1, 0.15) is 23.6 Å². The molecule has 2 aromatic carbocycles. The third kappa shape index (κ3) is 4.06. The van der Waals surface area contributed by atoms with Crippen molar-refractivity contribution < 1.29 is 19.6 Å². The number of carboxylic acid groups (broad SMARTS) is 1. The maximum absolute atomic E-state index is 12.4. The van der Waals surface area contributed by atoms with Gasteiger partial charge in [0.25, 0.3) is 11.6 Å². The Bertz CT molecular complexity index is 953. The molecular weight excluding hydrogens is 350 g/mol. The van der Waals surface area contributed by atoms with E-state index < -0.39 is 22.8 Å². The number of aliphatic carboxylic acids is 1. The van der Waals surface area contributed by atoms with Crippen LogP contribution < -0.4 is 5.11 Å². The smallest absolute Gasteiger partial charge is 0.269 e. The van der Waals surface area contributed by atoms with Crippen molar-refractivity contribution in [2.75, 3.05) is 0 Å². The molecule has 1 amide bonds. The molecule has 2 aromatic rings. The second kappa shape index (κ2) is 7.61. The highest BCUT2D eigenvalue weighted by Gasteiger charge is 2.32. The normalized spacial score (nSPS) is 16.4. The zero-order chi connectivity index (χ0) is 19.4. The van der Waals surface area contributed by atoms with E-state index in [1.807, 2.05) is 30.3 Å². The third-order valence-corrected chi connectivity index (χ3v) is 4.07. The van der Waals surface area contributed by atoms with Crippen LogP contribution in [0.4, 0.5) is 5.69 Å².